The summed E-state index contributed by atoms with van der Waals surface area (Å²) in [6.07, 6.45) is 2.32. The van der Waals surface area contributed by atoms with Crippen molar-refractivity contribution in [2.45, 2.75) is 38.3 Å². The summed E-state index contributed by atoms with van der Waals surface area (Å²) in [6.45, 7) is 2.77. The van der Waals surface area contributed by atoms with Crippen molar-refractivity contribution in [3.63, 3.8) is 0 Å². The van der Waals surface area contributed by atoms with Crippen molar-refractivity contribution in [1.29, 1.82) is 0 Å². The van der Waals surface area contributed by atoms with Gasteiger partial charge in [-0.05, 0) is 35.7 Å². The highest BCUT2D eigenvalue weighted by Crippen LogP contribution is 2.46. The maximum Gasteiger partial charge on any atom is 0.246 e. The lowest BCUT2D eigenvalue weighted by Gasteiger charge is -2.47. The topological polar surface area (TPSA) is 84.1 Å². The zero-order valence-corrected chi connectivity index (χ0v) is 20.6. The van der Waals surface area contributed by atoms with E-state index in [9.17, 15) is 9.59 Å². The standard InChI is InChI=1S/C27H31N3O5/c1-5-6-11-29-15-23(31)30-20(27(29)32)14-18-17-9-7-8-10-19(17)28-24(18)25(30)16-12-21(33-2)26(35-4)22(13-16)34-3/h7-10,12-13,20,25,28H,5-6,11,14-15H2,1-4H3/t20-,25+/m1/s1. The van der Waals surface area contributed by atoms with Crippen molar-refractivity contribution in [1.82, 2.24) is 14.8 Å². The van der Waals surface area contributed by atoms with Gasteiger partial charge < -0.3 is 29.0 Å². The number of ether oxygens (including phenoxy) is 3. The molecule has 3 aromatic rings. The first kappa shape index (κ1) is 23.1. The molecule has 184 valence electrons. The number of hydrogen-bond donors (Lipinski definition) is 1. The summed E-state index contributed by atoms with van der Waals surface area (Å²) in [5.41, 5.74) is 3.76. The molecule has 3 heterocycles. The lowest BCUT2D eigenvalue weighted by atomic mass is 9.86. The van der Waals surface area contributed by atoms with E-state index in [0.29, 0.717) is 30.2 Å². The summed E-state index contributed by atoms with van der Waals surface area (Å²) in [6, 6.07) is 10.7. The number of unbranched alkanes of at least 4 members (excludes halogenated alkanes) is 1. The number of nitrogens with one attached hydrogen (secondary N) is 1. The quantitative estimate of drug-likeness (QED) is 0.561. The van der Waals surface area contributed by atoms with Crippen molar-refractivity contribution < 1.29 is 23.8 Å². The van der Waals surface area contributed by atoms with E-state index >= 15 is 0 Å². The highest BCUT2D eigenvalue weighted by Gasteiger charge is 2.48. The van der Waals surface area contributed by atoms with E-state index in [1.54, 1.807) is 31.1 Å². The Kier molecular flexibility index (Phi) is 6.05. The molecule has 1 fully saturated rings. The molecule has 0 radical (unpaired) electrons. The number of para-hydroxylation sites is 1. The molecule has 0 aliphatic carbocycles. The second-order valence-corrected chi connectivity index (χ2v) is 9.06. The average molecular weight is 478 g/mol. The van der Waals surface area contributed by atoms with Crippen LogP contribution >= 0.6 is 0 Å². The van der Waals surface area contributed by atoms with E-state index in [0.717, 1.165) is 40.6 Å². The van der Waals surface area contributed by atoms with Gasteiger partial charge in [0.2, 0.25) is 17.6 Å². The third kappa shape index (κ3) is 3.68. The Morgan fingerprint density at radius 1 is 1.03 bits per heavy atom. The number of methoxy groups -OCH3 is 3. The summed E-state index contributed by atoms with van der Waals surface area (Å²) in [7, 11) is 4.70. The van der Waals surface area contributed by atoms with Gasteiger partial charge in [0.1, 0.15) is 6.04 Å². The van der Waals surface area contributed by atoms with Crippen LogP contribution in [0.25, 0.3) is 10.9 Å². The van der Waals surface area contributed by atoms with Crippen molar-refractivity contribution >= 4 is 22.7 Å². The SMILES string of the molecule is CCCCN1CC(=O)N2[C@@H](c3cc(OC)c(OC)c(OC)c3)c3[nH]c4ccccc4c3C[C@@H]2C1=O. The molecular weight excluding hydrogens is 446 g/mol. The number of nitrogens with zero attached hydrogens (tertiary/aromatic N) is 2. The molecule has 5 rings (SSSR count). The fraction of sp³-hybridized carbons (Fsp3) is 0.407. The van der Waals surface area contributed by atoms with Crippen LogP contribution in [-0.2, 0) is 16.0 Å². The smallest absolute Gasteiger partial charge is 0.246 e. The number of carbonyl (C=O) groups is 2. The summed E-state index contributed by atoms with van der Waals surface area (Å²) in [5, 5.41) is 1.07. The van der Waals surface area contributed by atoms with Crippen molar-refractivity contribution in [3.05, 3.63) is 53.2 Å². The van der Waals surface area contributed by atoms with Gasteiger partial charge in [-0.2, -0.15) is 0 Å². The molecule has 8 heteroatoms. The normalized spacial score (nSPS) is 19.5. The summed E-state index contributed by atoms with van der Waals surface area (Å²) in [5.74, 6) is 1.43. The number of hydrogen-bond acceptors (Lipinski definition) is 5. The minimum atomic E-state index is -0.566. The first-order valence-corrected chi connectivity index (χ1v) is 12.0. The number of fused-ring (bicyclic) bond motifs is 4. The number of H-pyrrole nitrogens is 1. The van der Waals surface area contributed by atoms with E-state index < -0.39 is 12.1 Å². The molecule has 0 spiro atoms. The molecule has 2 amide bonds. The average Bonchev–Trinajstić information content (AvgIpc) is 3.26. The van der Waals surface area contributed by atoms with Gasteiger partial charge in [-0.1, -0.05) is 31.5 Å². The van der Waals surface area contributed by atoms with Crippen molar-refractivity contribution in [2.75, 3.05) is 34.4 Å². The summed E-state index contributed by atoms with van der Waals surface area (Å²) < 4.78 is 16.7. The van der Waals surface area contributed by atoms with Crippen molar-refractivity contribution in [2.24, 2.45) is 0 Å². The van der Waals surface area contributed by atoms with Gasteiger partial charge in [0.25, 0.3) is 0 Å². The molecule has 0 unspecified atom stereocenters. The van der Waals surface area contributed by atoms with E-state index in [-0.39, 0.29) is 18.4 Å². The Bertz CT molecular complexity index is 1260. The lowest BCUT2D eigenvalue weighted by molar-refractivity contribution is -0.158. The molecule has 1 N–H and O–H groups in total. The predicted molar refractivity (Wildman–Crippen MR) is 132 cm³/mol. The van der Waals surface area contributed by atoms with Gasteiger partial charge in [-0.3, -0.25) is 9.59 Å². The zero-order valence-electron chi connectivity index (χ0n) is 20.6. The van der Waals surface area contributed by atoms with Crippen LogP contribution in [0.3, 0.4) is 0 Å². The second kappa shape index (κ2) is 9.17. The first-order valence-electron chi connectivity index (χ1n) is 12.0. The number of rotatable bonds is 7. The maximum absolute atomic E-state index is 13.7. The highest BCUT2D eigenvalue weighted by molar-refractivity contribution is 5.97. The van der Waals surface area contributed by atoms with Crippen LogP contribution in [0.1, 0.15) is 42.6 Å². The van der Waals surface area contributed by atoms with Gasteiger partial charge in [0.05, 0.1) is 33.9 Å². The van der Waals surface area contributed by atoms with Gasteiger partial charge in [0.15, 0.2) is 11.5 Å². The number of aromatic amines is 1. The van der Waals surface area contributed by atoms with Gasteiger partial charge in [-0.15, -0.1) is 0 Å². The zero-order chi connectivity index (χ0) is 24.7. The lowest BCUT2D eigenvalue weighted by Crippen LogP contribution is -2.63. The molecule has 2 aliphatic heterocycles. The number of aromatic nitrogens is 1. The first-order chi connectivity index (χ1) is 17.0. The maximum atomic E-state index is 13.7. The minimum Gasteiger partial charge on any atom is -0.493 e. The Labute approximate surface area is 204 Å². The third-order valence-corrected chi connectivity index (χ3v) is 7.13. The molecular formula is C27H31N3O5. The van der Waals surface area contributed by atoms with Crippen LogP contribution < -0.4 is 14.2 Å². The number of carbonyl (C=O) groups excluding carboxylic acids is 2. The van der Waals surface area contributed by atoms with E-state index in [1.165, 1.54) is 0 Å². The molecule has 0 saturated carbocycles. The van der Waals surface area contributed by atoms with Crippen LogP contribution in [0.2, 0.25) is 0 Å². The summed E-state index contributed by atoms with van der Waals surface area (Å²) in [4.78, 5) is 34.3. The molecule has 0 bridgehead atoms. The minimum absolute atomic E-state index is 0.00595. The van der Waals surface area contributed by atoms with Crippen LogP contribution in [0.4, 0.5) is 0 Å². The van der Waals surface area contributed by atoms with Crippen LogP contribution in [-0.4, -0.2) is 67.1 Å². The highest BCUT2D eigenvalue weighted by atomic mass is 16.5. The van der Waals surface area contributed by atoms with Gasteiger partial charge in [0, 0.05) is 29.6 Å². The van der Waals surface area contributed by atoms with Crippen LogP contribution in [0.15, 0.2) is 36.4 Å². The monoisotopic (exact) mass is 477 g/mol. The number of benzene rings is 2. The predicted octanol–water partition coefficient (Wildman–Crippen LogP) is 3.68. The van der Waals surface area contributed by atoms with E-state index in [4.69, 9.17) is 14.2 Å². The van der Waals surface area contributed by atoms with Crippen molar-refractivity contribution in [3.8, 4) is 17.2 Å². The second-order valence-electron chi connectivity index (χ2n) is 9.06. The summed E-state index contributed by atoms with van der Waals surface area (Å²) >= 11 is 0. The van der Waals surface area contributed by atoms with Crippen LogP contribution in [0, 0.1) is 0 Å². The Hall–Kier alpha value is -3.68. The fourth-order valence-corrected chi connectivity index (χ4v) is 5.47. The van der Waals surface area contributed by atoms with Crippen LogP contribution in [0.5, 0.6) is 17.2 Å². The molecule has 8 nitrogen and oxygen atoms in total. The number of amides is 2. The molecule has 2 aliphatic rings. The molecule has 2 atom stereocenters. The molecule has 1 saturated heterocycles. The Balaban J connectivity index is 1.71. The fourth-order valence-electron chi connectivity index (χ4n) is 5.47. The van der Waals surface area contributed by atoms with E-state index in [2.05, 4.69) is 18.0 Å². The third-order valence-electron chi connectivity index (χ3n) is 7.13. The molecule has 1 aromatic heterocycles. The Morgan fingerprint density at radius 3 is 2.40 bits per heavy atom. The van der Waals surface area contributed by atoms with Gasteiger partial charge in [-0.25, -0.2) is 0 Å². The Morgan fingerprint density at radius 2 is 1.74 bits per heavy atom. The molecule has 35 heavy (non-hydrogen) atoms. The largest absolute Gasteiger partial charge is 0.493 e. The van der Waals surface area contributed by atoms with E-state index in [1.807, 2.05) is 30.3 Å². The number of piperazine rings is 1. The van der Waals surface area contributed by atoms with Gasteiger partial charge >= 0.3 is 0 Å². The molecule has 2 aromatic carbocycles.